The number of aromatic hydroxyl groups is 1. The Labute approximate surface area is 99.7 Å². The summed E-state index contributed by atoms with van der Waals surface area (Å²) < 4.78 is 13.1. The van der Waals surface area contributed by atoms with Crippen LogP contribution >= 0.6 is 0 Å². The van der Waals surface area contributed by atoms with E-state index in [1.54, 1.807) is 37.3 Å². The Morgan fingerprint density at radius 3 is 2.71 bits per heavy atom. The summed E-state index contributed by atoms with van der Waals surface area (Å²) in [6.45, 7) is 2.33. The molecule has 0 atom stereocenters. The molecule has 2 nitrogen and oxygen atoms in total. The van der Waals surface area contributed by atoms with Gasteiger partial charge in [0.2, 0.25) is 0 Å². The Bertz CT molecular complexity index is 525. The minimum atomic E-state index is -0.201. The van der Waals surface area contributed by atoms with Gasteiger partial charge in [0, 0.05) is 12.2 Å². The van der Waals surface area contributed by atoms with Crippen LogP contribution in [0.2, 0.25) is 0 Å². The standard InChI is InChI=1S/C14H14FNO/c1-10-7-12(5-6-14(10)15)16-9-11-3-2-4-13(17)8-11/h2-8,16-17H,9H2,1H3. The number of hydrogen-bond acceptors (Lipinski definition) is 2. The summed E-state index contributed by atoms with van der Waals surface area (Å²) in [4.78, 5) is 0. The Morgan fingerprint density at radius 1 is 1.18 bits per heavy atom. The van der Waals surface area contributed by atoms with Crippen molar-refractivity contribution in [3.05, 3.63) is 59.4 Å². The molecule has 0 amide bonds. The highest BCUT2D eigenvalue weighted by atomic mass is 19.1. The molecule has 0 aliphatic carbocycles. The van der Waals surface area contributed by atoms with Crippen molar-refractivity contribution in [1.29, 1.82) is 0 Å². The lowest BCUT2D eigenvalue weighted by Crippen LogP contribution is -1.99. The number of phenols is 1. The van der Waals surface area contributed by atoms with E-state index in [9.17, 15) is 9.50 Å². The lowest BCUT2D eigenvalue weighted by molar-refractivity contribution is 0.474. The summed E-state index contributed by atoms with van der Waals surface area (Å²) in [5, 5.41) is 12.5. The minimum absolute atomic E-state index is 0.201. The number of aryl methyl sites for hydroxylation is 1. The highest BCUT2D eigenvalue weighted by Crippen LogP contribution is 2.16. The van der Waals surface area contributed by atoms with Gasteiger partial charge in [-0.1, -0.05) is 12.1 Å². The highest BCUT2D eigenvalue weighted by molar-refractivity contribution is 5.46. The van der Waals surface area contributed by atoms with Crippen LogP contribution in [0.1, 0.15) is 11.1 Å². The molecule has 3 heteroatoms. The maximum Gasteiger partial charge on any atom is 0.126 e. The maximum atomic E-state index is 13.1. The first kappa shape index (κ1) is 11.5. The average Bonchev–Trinajstić information content (AvgIpc) is 2.31. The molecule has 0 saturated heterocycles. The van der Waals surface area contributed by atoms with E-state index in [1.165, 1.54) is 6.07 Å². The van der Waals surface area contributed by atoms with E-state index in [-0.39, 0.29) is 11.6 Å². The fourth-order valence-electron chi connectivity index (χ4n) is 1.63. The third kappa shape index (κ3) is 2.97. The number of hydrogen-bond donors (Lipinski definition) is 2. The molecule has 2 aromatic carbocycles. The van der Waals surface area contributed by atoms with Gasteiger partial charge in [-0.25, -0.2) is 4.39 Å². The third-order valence-electron chi connectivity index (χ3n) is 2.57. The predicted molar refractivity (Wildman–Crippen MR) is 66.6 cm³/mol. The van der Waals surface area contributed by atoms with Crippen LogP contribution in [0.4, 0.5) is 10.1 Å². The van der Waals surface area contributed by atoms with Gasteiger partial charge in [0.25, 0.3) is 0 Å². The molecular weight excluding hydrogens is 217 g/mol. The third-order valence-corrected chi connectivity index (χ3v) is 2.57. The SMILES string of the molecule is Cc1cc(NCc2cccc(O)c2)ccc1F. The summed E-state index contributed by atoms with van der Waals surface area (Å²) in [5.41, 5.74) is 2.46. The molecule has 0 unspecified atom stereocenters. The second kappa shape index (κ2) is 4.87. The van der Waals surface area contributed by atoms with Crippen LogP contribution < -0.4 is 5.32 Å². The number of rotatable bonds is 3. The molecule has 0 spiro atoms. The van der Waals surface area contributed by atoms with E-state index < -0.39 is 0 Å². The zero-order chi connectivity index (χ0) is 12.3. The fourth-order valence-corrected chi connectivity index (χ4v) is 1.63. The average molecular weight is 231 g/mol. The molecule has 88 valence electrons. The maximum absolute atomic E-state index is 13.1. The van der Waals surface area contributed by atoms with Crippen molar-refractivity contribution >= 4 is 5.69 Å². The van der Waals surface area contributed by atoms with Crippen LogP contribution in [0, 0.1) is 12.7 Å². The molecule has 0 radical (unpaired) electrons. The first-order chi connectivity index (χ1) is 8.15. The second-order valence-corrected chi connectivity index (χ2v) is 3.99. The first-order valence-electron chi connectivity index (χ1n) is 5.43. The van der Waals surface area contributed by atoms with Gasteiger partial charge < -0.3 is 10.4 Å². The highest BCUT2D eigenvalue weighted by Gasteiger charge is 1.99. The van der Waals surface area contributed by atoms with E-state index >= 15 is 0 Å². The molecule has 0 fully saturated rings. The summed E-state index contributed by atoms with van der Waals surface area (Å²) in [6.07, 6.45) is 0. The smallest absolute Gasteiger partial charge is 0.126 e. The lowest BCUT2D eigenvalue weighted by atomic mass is 10.2. The number of nitrogens with one attached hydrogen (secondary N) is 1. The van der Waals surface area contributed by atoms with Crippen LogP contribution in [0.25, 0.3) is 0 Å². The summed E-state index contributed by atoms with van der Waals surface area (Å²) >= 11 is 0. The molecule has 17 heavy (non-hydrogen) atoms. The summed E-state index contributed by atoms with van der Waals surface area (Å²) in [6, 6.07) is 11.9. The Kier molecular flexibility index (Phi) is 3.28. The zero-order valence-corrected chi connectivity index (χ0v) is 9.57. The molecule has 2 N–H and O–H groups in total. The van der Waals surface area contributed by atoms with Crippen LogP contribution in [-0.2, 0) is 6.54 Å². The van der Waals surface area contributed by atoms with Gasteiger partial charge in [-0.2, -0.15) is 0 Å². The van der Waals surface area contributed by atoms with Gasteiger partial charge in [0.15, 0.2) is 0 Å². The summed E-state index contributed by atoms with van der Waals surface area (Å²) in [5.74, 6) is 0.0486. The lowest BCUT2D eigenvalue weighted by Gasteiger charge is -2.08. The van der Waals surface area contributed by atoms with Crippen LogP contribution in [-0.4, -0.2) is 5.11 Å². The second-order valence-electron chi connectivity index (χ2n) is 3.99. The van der Waals surface area contributed by atoms with Crippen molar-refractivity contribution < 1.29 is 9.50 Å². The quantitative estimate of drug-likeness (QED) is 0.848. The topological polar surface area (TPSA) is 32.3 Å². The summed E-state index contributed by atoms with van der Waals surface area (Å²) in [7, 11) is 0. The number of benzene rings is 2. The van der Waals surface area contributed by atoms with Gasteiger partial charge >= 0.3 is 0 Å². The van der Waals surface area contributed by atoms with Gasteiger partial charge in [-0.3, -0.25) is 0 Å². The molecule has 0 heterocycles. The van der Waals surface area contributed by atoms with E-state index in [1.807, 2.05) is 6.07 Å². The molecule has 2 aromatic rings. The van der Waals surface area contributed by atoms with Gasteiger partial charge in [0.05, 0.1) is 0 Å². The van der Waals surface area contributed by atoms with Crippen LogP contribution in [0.5, 0.6) is 5.75 Å². The van der Waals surface area contributed by atoms with Gasteiger partial charge in [0.1, 0.15) is 11.6 Å². The predicted octanol–water partition coefficient (Wildman–Crippen LogP) is 3.45. The van der Waals surface area contributed by atoms with Crippen molar-refractivity contribution in [2.24, 2.45) is 0 Å². The van der Waals surface area contributed by atoms with E-state index in [4.69, 9.17) is 0 Å². The van der Waals surface area contributed by atoms with E-state index in [0.29, 0.717) is 12.1 Å². The number of anilines is 1. The molecule has 0 aliphatic rings. The van der Waals surface area contributed by atoms with Gasteiger partial charge in [-0.15, -0.1) is 0 Å². The van der Waals surface area contributed by atoms with Crippen molar-refractivity contribution in [2.45, 2.75) is 13.5 Å². The number of phenolic OH excluding ortho intramolecular Hbond substituents is 1. The monoisotopic (exact) mass is 231 g/mol. The molecule has 0 saturated carbocycles. The zero-order valence-electron chi connectivity index (χ0n) is 9.57. The van der Waals surface area contributed by atoms with Crippen molar-refractivity contribution in [3.63, 3.8) is 0 Å². The Morgan fingerprint density at radius 2 is 2.00 bits per heavy atom. The largest absolute Gasteiger partial charge is 0.508 e. The van der Waals surface area contributed by atoms with Crippen molar-refractivity contribution in [3.8, 4) is 5.75 Å². The molecule has 2 rings (SSSR count). The normalized spacial score (nSPS) is 10.2. The van der Waals surface area contributed by atoms with E-state index in [2.05, 4.69) is 5.32 Å². The van der Waals surface area contributed by atoms with Crippen molar-refractivity contribution in [1.82, 2.24) is 0 Å². The molecule has 0 bridgehead atoms. The Balaban J connectivity index is 2.05. The first-order valence-corrected chi connectivity index (χ1v) is 5.43. The molecule has 0 aliphatic heterocycles. The Hall–Kier alpha value is -2.03. The van der Waals surface area contributed by atoms with Crippen LogP contribution in [0.3, 0.4) is 0 Å². The fraction of sp³-hybridized carbons (Fsp3) is 0.143. The minimum Gasteiger partial charge on any atom is -0.508 e. The van der Waals surface area contributed by atoms with E-state index in [0.717, 1.165) is 11.3 Å². The van der Waals surface area contributed by atoms with Gasteiger partial charge in [-0.05, 0) is 48.4 Å². The number of halogens is 1. The molecule has 0 aromatic heterocycles. The van der Waals surface area contributed by atoms with Crippen LogP contribution in [0.15, 0.2) is 42.5 Å². The van der Waals surface area contributed by atoms with Crippen molar-refractivity contribution in [2.75, 3.05) is 5.32 Å². The molecular formula is C14H14FNO.